The average molecular weight is 224 g/mol. The number of aromatic nitrogens is 4. The molecule has 6 heteroatoms. The number of halogens is 1. The van der Waals surface area contributed by atoms with Crippen LogP contribution in [0.3, 0.4) is 0 Å². The number of rotatable bonds is 4. The Kier molecular flexibility index (Phi) is 3.14. The Labute approximate surface area is 91.9 Å². The lowest BCUT2D eigenvalue weighted by Crippen LogP contribution is -2.07. The SMILES string of the molecule is Clc1cccnc1NCCc1ncn[nH]1. The Morgan fingerprint density at radius 3 is 3.07 bits per heavy atom. The fourth-order valence-corrected chi connectivity index (χ4v) is 1.35. The molecule has 0 atom stereocenters. The van der Waals surface area contributed by atoms with E-state index in [0.29, 0.717) is 17.4 Å². The lowest BCUT2D eigenvalue weighted by molar-refractivity contribution is 0.897. The summed E-state index contributed by atoms with van der Waals surface area (Å²) in [6, 6.07) is 3.59. The first kappa shape index (κ1) is 9.92. The maximum atomic E-state index is 5.92. The molecule has 0 aliphatic rings. The summed E-state index contributed by atoms with van der Waals surface area (Å²) in [5.41, 5.74) is 0. The molecule has 2 heterocycles. The maximum absolute atomic E-state index is 5.92. The monoisotopic (exact) mass is 223 g/mol. The van der Waals surface area contributed by atoms with Crippen LogP contribution in [0.25, 0.3) is 0 Å². The summed E-state index contributed by atoms with van der Waals surface area (Å²) < 4.78 is 0. The quantitative estimate of drug-likeness (QED) is 0.825. The van der Waals surface area contributed by atoms with Crippen LogP contribution < -0.4 is 5.32 Å². The highest BCUT2D eigenvalue weighted by Gasteiger charge is 2.00. The highest BCUT2D eigenvalue weighted by atomic mass is 35.5. The zero-order valence-electron chi connectivity index (χ0n) is 7.94. The van der Waals surface area contributed by atoms with E-state index in [1.54, 1.807) is 18.3 Å². The van der Waals surface area contributed by atoms with Crippen LogP contribution >= 0.6 is 11.6 Å². The van der Waals surface area contributed by atoms with E-state index in [4.69, 9.17) is 11.6 Å². The van der Waals surface area contributed by atoms with Crippen LogP contribution in [-0.2, 0) is 6.42 Å². The third kappa shape index (κ3) is 2.66. The number of anilines is 1. The van der Waals surface area contributed by atoms with Crippen molar-refractivity contribution >= 4 is 17.4 Å². The molecule has 78 valence electrons. The summed E-state index contributed by atoms with van der Waals surface area (Å²) in [7, 11) is 0. The number of hydrogen-bond acceptors (Lipinski definition) is 4. The molecule has 0 unspecified atom stereocenters. The van der Waals surface area contributed by atoms with Gasteiger partial charge in [-0.25, -0.2) is 9.97 Å². The summed E-state index contributed by atoms with van der Waals surface area (Å²) in [4.78, 5) is 8.12. The maximum Gasteiger partial charge on any atom is 0.144 e. The first-order chi connectivity index (χ1) is 7.36. The first-order valence-electron chi connectivity index (χ1n) is 4.55. The van der Waals surface area contributed by atoms with Crippen molar-refractivity contribution in [1.29, 1.82) is 0 Å². The second-order valence-electron chi connectivity index (χ2n) is 2.94. The Hall–Kier alpha value is -1.62. The molecule has 2 aromatic rings. The normalized spacial score (nSPS) is 10.2. The Bertz CT molecular complexity index is 414. The molecule has 0 saturated heterocycles. The Morgan fingerprint density at radius 2 is 2.33 bits per heavy atom. The highest BCUT2D eigenvalue weighted by Crippen LogP contribution is 2.16. The van der Waals surface area contributed by atoms with Gasteiger partial charge in [-0.3, -0.25) is 5.10 Å². The minimum atomic E-state index is 0.620. The molecular formula is C9H10ClN5. The second-order valence-corrected chi connectivity index (χ2v) is 3.35. The Balaban J connectivity index is 1.86. The van der Waals surface area contributed by atoms with Crippen molar-refractivity contribution in [3.8, 4) is 0 Å². The number of nitrogens with zero attached hydrogens (tertiary/aromatic N) is 3. The summed E-state index contributed by atoms with van der Waals surface area (Å²) in [6.07, 6.45) is 3.94. The number of hydrogen-bond donors (Lipinski definition) is 2. The Morgan fingerprint density at radius 1 is 1.40 bits per heavy atom. The smallest absolute Gasteiger partial charge is 0.144 e. The molecule has 0 amide bonds. The molecule has 0 radical (unpaired) electrons. The van der Waals surface area contributed by atoms with E-state index < -0.39 is 0 Å². The molecule has 0 aliphatic heterocycles. The number of aromatic amines is 1. The zero-order chi connectivity index (χ0) is 10.5. The van der Waals surface area contributed by atoms with Gasteiger partial charge >= 0.3 is 0 Å². The van der Waals surface area contributed by atoms with Crippen molar-refractivity contribution in [3.05, 3.63) is 35.5 Å². The third-order valence-corrected chi connectivity index (χ3v) is 2.18. The molecule has 5 nitrogen and oxygen atoms in total. The van der Waals surface area contributed by atoms with E-state index in [0.717, 1.165) is 12.2 Å². The van der Waals surface area contributed by atoms with Gasteiger partial charge in [-0.2, -0.15) is 5.10 Å². The fourth-order valence-electron chi connectivity index (χ4n) is 1.17. The standard InChI is InChI=1S/C9H10ClN5/c10-7-2-1-4-11-9(7)12-5-3-8-13-6-14-15-8/h1-2,4,6H,3,5H2,(H,11,12)(H,13,14,15). The van der Waals surface area contributed by atoms with Crippen LogP contribution in [0.15, 0.2) is 24.7 Å². The van der Waals surface area contributed by atoms with Gasteiger partial charge in [-0.15, -0.1) is 0 Å². The van der Waals surface area contributed by atoms with Gasteiger partial charge in [0.1, 0.15) is 18.0 Å². The molecule has 0 saturated carbocycles. The molecule has 2 N–H and O–H groups in total. The van der Waals surface area contributed by atoms with Crippen LogP contribution in [0.2, 0.25) is 5.02 Å². The molecule has 0 aliphatic carbocycles. The average Bonchev–Trinajstić information content (AvgIpc) is 2.74. The van der Waals surface area contributed by atoms with Gasteiger partial charge in [0.2, 0.25) is 0 Å². The van der Waals surface area contributed by atoms with Crippen LogP contribution in [0.4, 0.5) is 5.82 Å². The van der Waals surface area contributed by atoms with Crippen molar-refractivity contribution in [2.75, 3.05) is 11.9 Å². The van der Waals surface area contributed by atoms with E-state index in [9.17, 15) is 0 Å². The van der Waals surface area contributed by atoms with Gasteiger partial charge in [0.25, 0.3) is 0 Å². The predicted molar refractivity (Wildman–Crippen MR) is 57.8 cm³/mol. The number of pyridine rings is 1. The van der Waals surface area contributed by atoms with Crippen molar-refractivity contribution in [1.82, 2.24) is 20.2 Å². The van der Waals surface area contributed by atoms with Crippen molar-refractivity contribution in [2.45, 2.75) is 6.42 Å². The highest BCUT2D eigenvalue weighted by molar-refractivity contribution is 6.32. The van der Waals surface area contributed by atoms with Gasteiger partial charge in [0, 0.05) is 19.2 Å². The molecule has 0 aromatic carbocycles. The van der Waals surface area contributed by atoms with Gasteiger partial charge in [-0.05, 0) is 12.1 Å². The van der Waals surface area contributed by atoms with Crippen molar-refractivity contribution in [2.24, 2.45) is 0 Å². The van der Waals surface area contributed by atoms with Gasteiger partial charge < -0.3 is 5.32 Å². The summed E-state index contributed by atoms with van der Waals surface area (Å²) >= 11 is 5.92. The largest absolute Gasteiger partial charge is 0.368 e. The van der Waals surface area contributed by atoms with Crippen molar-refractivity contribution in [3.63, 3.8) is 0 Å². The van der Waals surface area contributed by atoms with Crippen molar-refractivity contribution < 1.29 is 0 Å². The molecular weight excluding hydrogens is 214 g/mol. The summed E-state index contributed by atoms with van der Waals surface area (Å²) in [5, 5.41) is 10.3. The topological polar surface area (TPSA) is 66.5 Å². The van der Waals surface area contributed by atoms with E-state index in [1.807, 2.05) is 0 Å². The first-order valence-corrected chi connectivity index (χ1v) is 4.92. The molecule has 0 spiro atoms. The van der Waals surface area contributed by atoms with Gasteiger partial charge in [-0.1, -0.05) is 11.6 Å². The lowest BCUT2D eigenvalue weighted by Gasteiger charge is -2.04. The number of nitrogens with one attached hydrogen (secondary N) is 2. The second kappa shape index (κ2) is 4.75. The zero-order valence-corrected chi connectivity index (χ0v) is 8.70. The third-order valence-electron chi connectivity index (χ3n) is 1.88. The van der Waals surface area contributed by atoms with E-state index >= 15 is 0 Å². The van der Waals surface area contributed by atoms with Gasteiger partial charge in [0.05, 0.1) is 5.02 Å². The fraction of sp³-hybridized carbons (Fsp3) is 0.222. The molecule has 2 rings (SSSR count). The molecule has 2 aromatic heterocycles. The minimum absolute atomic E-state index is 0.620. The van der Waals surface area contributed by atoms with Crippen LogP contribution in [0.1, 0.15) is 5.82 Å². The summed E-state index contributed by atoms with van der Waals surface area (Å²) in [5.74, 6) is 1.54. The minimum Gasteiger partial charge on any atom is -0.368 e. The van der Waals surface area contributed by atoms with E-state index in [-0.39, 0.29) is 0 Å². The number of H-pyrrole nitrogens is 1. The molecule has 15 heavy (non-hydrogen) atoms. The van der Waals surface area contributed by atoms with Crippen LogP contribution in [-0.4, -0.2) is 26.7 Å². The molecule has 0 fully saturated rings. The van der Waals surface area contributed by atoms with E-state index in [2.05, 4.69) is 25.5 Å². The molecule has 0 bridgehead atoms. The summed E-state index contributed by atoms with van der Waals surface area (Å²) in [6.45, 7) is 0.714. The van der Waals surface area contributed by atoms with Crippen LogP contribution in [0, 0.1) is 0 Å². The van der Waals surface area contributed by atoms with Crippen LogP contribution in [0.5, 0.6) is 0 Å². The lowest BCUT2D eigenvalue weighted by atomic mass is 10.4. The van der Waals surface area contributed by atoms with Gasteiger partial charge in [0.15, 0.2) is 0 Å². The predicted octanol–water partition coefficient (Wildman–Crippen LogP) is 1.51. The van der Waals surface area contributed by atoms with E-state index in [1.165, 1.54) is 6.33 Å².